The lowest BCUT2D eigenvalue weighted by molar-refractivity contribution is -0.127. The first-order chi connectivity index (χ1) is 11.1. The van der Waals surface area contributed by atoms with Gasteiger partial charge in [0.1, 0.15) is 17.8 Å². The van der Waals surface area contributed by atoms with Gasteiger partial charge < -0.3 is 19.9 Å². The highest BCUT2D eigenvalue weighted by atomic mass is 127. The minimum Gasteiger partial charge on any atom is -0.383 e. The Balaban J connectivity index is 1.98. The van der Waals surface area contributed by atoms with Crippen molar-refractivity contribution in [2.75, 3.05) is 26.0 Å². The average Bonchev–Trinajstić information content (AvgIpc) is 3.09. The first-order valence-corrected chi connectivity index (χ1v) is 8.33. The molecule has 0 saturated carbocycles. The number of nitrogen functional groups attached to an aromatic ring is 1. The van der Waals surface area contributed by atoms with Crippen LogP contribution in [0.25, 0.3) is 11.0 Å². The van der Waals surface area contributed by atoms with Crippen LogP contribution in [-0.2, 0) is 9.53 Å². The number of anilines is 1. The third-order valence-corrected chi connectivity index (χ3v) is 5.01. The van der Waals surface area contributed by atoms with Gasteiger partial charge in [0.15, 0.2) is 0 Å². The molecule has 2 aromatic rings. The summed E-state index contributed by atoms with van der Waals surface area (Å²) in [6.07, 6.45) is 5.64. The summed E-state index contributed by atoms with van der Waals surface area (Å²) in [7, 11) is 1.64. The maximum Gasteiger partial charge on any atom is 0.246 e. The summed E-state index contributed by atoms with van der Waals surface area (Å²) in [6.45, 7) is 4.69. The second kappa shape index (κ2) is 6.44. The number of aromatic nitrogens is 3. The SMILES string of the molecule is C=CC(=O)N1CC(n2cc(I)c3c(N)ncnc32)C[C@@H]1COC. The highest BCUT2D eigenvalue weighted by Gasteiger charge is 2.36. The van der Waals surface area contributed by atoms with Gasteiger partial charge >= 0.3 is 0 Å². The van der Waals surface area contributed by atoms with Crippen molar-refractivity contribution in [3.05, 3.63) is 28.7 Å². The maximum absolute atomic E-state index is 12.1. The fourth-order valence-corrected chi connectivity index (χ4v) is 3.99. The van der Waals surface area contributed by atoms with E-state index in [1.165, 1.54) is 12.4 Å². The molecule has 122 valence electrons. The number of carbonyl (C=O) groups is 1. The Bertz CT molecular complexity index is 760. The van der Waals surface area contributed by atoms with Crippen molar-refractivity contribution in [2.24, 2.45) is 0 Å². The molecule has 23 heavy (non-hydrogen) atoms. The Hall–Kier alpha value is -1.68. The summed E-state index contributed by atoms with van der Waals surface area (Å²) in [6, 6.07) is 0.157. The predicted octanol–water partition coefficient (Wildman–Crippen LogP) is 1.59. The van der Waals surface area contributed by atoms with Crippen LogP contribution in [0.3, 0.4) is 0 Å². The third kappa shape index (κ3) is 2.80. The molecule has 0 bridgehead atoms. The van der Waals surface area contributed by atoms with Gasteiger partial charge in [-0.25, -0.2) is 9.97 Å². The van der Waals surface area contributed by atoms with Crippen LogP contribution in [0.4, 0.5) is 5.82 Å². The number of amides is 1. The fraction of sp³-hybridized carbons (Fsp3) is 0.400. The van der Waals surface area contributed by atoms with Crippen molar-refractivity contribution in [1.82, 2.24) is 19.4 Å². The van der Waals surface area contributed by atoms with E-state index >= 15 is 0 Å². The summed E-state index contributed by atoms with van der Waals surface area (Å²) in [5.41, 5.74) is 6.78. The number of fused-ring (bicyclic) bond motifs is 1. The number of nitrogens with zero attached hydrogens (tertiary/aromatic N) is 4. The van der Waals surface area contributed by atoms with Gasteiger partial charge in [-0.1, -0.05) is 6.58 Å². The molecule has 0 radical (unpaired) electrons. The summed E-state index contributed by atoms with van der Waals surface area (Å²) < 4.78 is 8.36. The quantitative estimate of drug-likeness (QED) is 0.592. The zero-order valence-corrected chi connectivity index (χ0v) is 14.9. The topological polar surface area (TPSA) is 86.3 Å². The largest absolute Gasteiger partial charge is 0.383 e. The van der Waals surface area contributed by atoms with Gasteiger partial charge in [-0.2, -0.15) is 0 Å². The molecule has 0 aromatic carbocycles. The van der Waals surface area contributed by atoms with Gasteiger partial charge in [-0.15, -0.1) is 0 Å². The predicted molar refractivity (Wildman–Crippen MR) is 95.9 cm³/mol. The molecule has 2 N–H and O–H groups in total. The van der Waals surface area contributed by atoms with Crippen molar-refractivity contribution in [3.8, 4) is 0 Å². The molecule has 1 unspecified atom stereocenters. The molecule has 0 spiro atoms. The summed E-state index contributed by atoms with van der Waals surface area (Å²) in [5.74, 6) is 0.401. The monoisotopic (exact) mass is 427 g/mol. The smallest absolute Gasteiger partial charge is 0.246 e. The lowest BCUT2D eigenvalue weighted by Crippen LogP contribution is -2.37. The third-order valence-electron chi connectivity index (χ3n) is 4.19. The van der Waals surface area contributed by atoms with Crippen LogP contribution in [0.1, 0.15) is 12.5 Å². The van der Waals surface area contributed by atoms with Crippen LogP contribution >= 0.6 is 22.6 Å². The number of nitrogens with two attached hydrogens (primary N) is 1. The van der Waals surface area contributed by atoms with E-state index in [4.69, 9.17) is 10.5 Å². The van der Waals surface area contributed by atoms with Gasteiger partial charge in [0.05, 0.1) is 24.1 Å². The van der Waals surface area contributed by atoms with E-state index < -0.39 is 0 Å². The van der Waals surface area contributed by atoms with Crippen molar-refractivity contribution in [2.45, 2.75) is 18.5 Å². The van der Waals surface area contributed by atoms with Crippen LogP contribution < -0.4 is 5.73 Å². The van der Waals surface area contributed by atoms with Gasteiger partial charge in [0.2, 0.25) is 5.91 Å². The first kappa shape index (κ1) is 16.2. The standard InChI is InChI=1S/C15H18IN5O2/c1-3-12(22)20-5-9(4-10(20)7-23-2)21-6-11(16)13-14(17)18-8-19-15(13)21/h3,6,8-10H,1,4-5,7H2,2H3,(H2,17,18,19)/t9?,10-/m1/s1. The van der Waals surface area contributed by atoms with E-state index in [9.17, 15) is 4.79 Å². The molecule has 2 atom stereocenters. The molecule has 7 nitrogen and oxygen atoms in total. The molecule has 0 aliphatic carbocycles. The molecule has 1 amide bonds. The number of carbonyl (C=O) groups excluding carboxylic acids is 1. The summed E-state index contributed by atoms with van der Waals surface area (Å²) in [4.78, 5) is 22.3. The Morgan fingerprint density at radius 3 is 3.09 bits per heavy atom. The Morgan fingerprint density at radius 2 is 2.39 bits per heavy atom. The molecule has 1 saturated heterocycles. The molecular weight excluding hydrogens is 409 g/mol. The first-order valence-electron chi connectivity index (χ1n) is 7.25. The van der Waals surface area contributed by atoms with E-state index in [1.54, 1.807) is 7.11 Å². The molecule has 3 heterocycles. The van der Waals surface area contributed by atoms with Crippen LogP contribution in [0.5, 0.6) is 0 Å². The van der Waals surface area contributed by atoms with E-state index in [0.29, 0.717) is 19.0 Å². The van der Waals surface area contributed by atoms with E-state index in [-0.39, 0.29) is 18.0 Å². The molecule has 1 fully saturated rings. The second-order valence-electron chi connectivity index (χ2n) is 5.54. The van der Waals surface area contributed by atoms with Crippen LogP contribution in [0.2, 0.25) is 0 Å². The van der Waals surface area contributed by atoms with Crippen LogP contribution in [-0.4, -0.2) is 51.6 Å². The Morgan fingerprint density at radius 1 is 1.61 bits per heavy atom. The number of halogens is 1. The van der Waals surface area contributed by atoms with E-state index in [2.05, 4.69) is 43.7 Å². The summed E-state index contributed by atoms with van der Waals surface area (Å²) >= 11 is 2.24. The molecule has 8 heteroatoms. The number of hydrogen-bond donors (Lipinski definition) is 1. The van der Waals surface area contributed by atoms with Crippen molar-refractivity contribution >= 4 is 45.3 Å². The molecule has 1 aliphatic rings. The number of ether oxygens (including phenoxy) is 1. The molecule has 2 aromatic heterocycles. The number of rotatable bonds is 4. The normalized spacial score (nSPS) is 21.0. The zero-order valence-electron chi connectivity index (χ0n) is 12.8. The average molecular weight is 427 g/mol. The molecule has 1 aliphatic heterocycles. The van der Waals surface area contributed by atoms with Gasteiger partial charge in [0.25, 0.3) is 0 Å². The second-order valence-corrected chi connectivity index (χ2v) is 6.70. The van der Waals surface area contributed by atoms with Crippen LogP contribution in [0, 0.1) is 3.57 Å². The zero-order chi connectivity index (χ0) is 16.6. The van der Waals surface area contributed by atoms with Gasteiger partial charge in [-0.05, 0) is 35.1 Å². The molecule has 3 rings (SSSR count). The lowest BCUT2D eigenvalue weighted by Gasteiger charge is -2.22. The van der Waals surface area contributed by atoms with Gasteiger partial charge in [0, 0.05) is 23.4 Å². The Labute approximate surface area is 147 Å². The van der Waals surface area contributed by atoms with Crippen molar-refractivity contribution in [3.63, 3.8) is 0 Å². The lowest BCUT2D eigenvalue weighted by atomic mass is 10.2. The Kier molecular flexibility index (Phi) is 4.53. The van der Waals surface area contributed by atoms with Crippen molar-refractivity contribution in [1.29, 1.82) is 0 Å². The van der Waals surface area contributed by atoms with Crippen LogP contribution in [0.15, 0.2) is 25.2 Å². The summed E-state index contributed by atoms with van der Waals surface area (Å²) in [5, 5.41) is 0.866. The number of hydrogen-bond acceptors (Lipinski definition) is 5. The van der Waals surface area contributed by atoms with Gasteiger partial charge in [-0.3, -0.25) is 4.79 Å². The van der Waals surface area contributed by atoms with E-state index in [1.807, 2.05) is 11.1 Å². The highest BCUT2D eigenvalue weighted by molar-refractivity contribution is 14.1. The number of likely N-dealkylation sites (tertiary alicyclic amines) is 1. The fourth-order valence-electron chi connectivity index (χ4n) is 3.17. The molecular formula is C15H18IN5O2. The highest BCUT2D eigenvalue weighted by Crippen LogP contribution is 2.33. The minimum absolute atomic E-state index is 0.0322. The maximum atomic E-state index is 12.1. The van der Waals surface area contributed by atoms with Crippen molar-refractivity contribution < 1.29 is 9.53 Å². The number of methoxy groups -OCH3 is 1. The van der Waals surface area contributed by atoms with E-state index in [0.717, 1.165) is 21.0 Å². The minimum atomic E-state index is -0.0742.